The fraction of sp³-hybridized carbons (Fsp3) is 0.353. The molecule has 2 N–H and O–H groups in total. The Bertz CT molecular complexity index is 707. The summed E-state index contributed by atoms with van der Waals surface area (Å²) in [5.74, 6) is -2.11. The quantitative estimate of drug-likeness (QED) is 0.832. The van der Waals surface area contributed by atoms with Gasteiger partial charge in [-0.05, 0) is 38.3 Å². The summed E-state index contributed by atoms with van der Waals surface area (Å²) in [4.78, 5) is 38.3. The standard InChI is InChI=1S/C17H19N3O3/c1-3-12(18-11-8-9-11)14-15(21)19-17(23)20(16(14)22)13-7-5-4-6-10(13)2/h3-7,11,14,18H,8-9H2,1-2H3,(H,19,21,23)/b12-3-/t14-/m1/s1. The van der Waals surface area contributed by atoms with Crippen LogP contribution in [0.25, 0.3) is 0 Å². The molecule has 1 saturated heterocycles. The molecule has 4 amide bonds. The second-order valence-corrected chi connectivity index (χ2v) is 5.85. The van der Waals surface area contributed by atoms with E-state index in [4.69, 9.17) is 0 Å². The number of benzene rings is 1. The average Bonchev–Trinajstić information content (AvgIpc) is 3.31. The number of anilines is 1. The Morgan fingerprint density at radius 3 is 2.57 bits per heavy atom. The van der Waals surface area contributed by atoms with Gasteiger partial charge in [-0.2, -0.15) is 0 Å². The van der Waals surface area contributed by atoms with Crippen molar-refractivity contribution in [3.8, 4) is 0 Å². The first-order chi connectivity index (χ1) is 11.0. The topological polar surface area (TPSA) is 78.5 Å². The monoisotopic (exact) mass is 313 g/mol. The summed E-state index contributed by atoms with van der Waals surface area (Å²) in [6, 6.07) is 6.72. The van der Waals surface area contributed by atoms with E-state index in [0.717, 1.165) is 23.3 Å². The second-order valence-electron chi connectivity index (χ2n) is 5.85. The molecule has 2 fully saturated rings. The molecule has 2 aliphatic rings. The third-order valence-corrected chi connectivity index (χ3v) is 4.09. The van der Waals surface area contributed by atoms with Crippen molar-refractivity contribution >= 4 is 23.5 Å². The molecule has 1 aromatic rings. The van der Waals surface area contributed by atoms with E-state index in [0.29, 0.717) is 17.4 Å². The van der Waals surface area contributed by atoms with Crippen LogP contribution in [0.1, 0.15) is 25.3 Å². The largest absolute Gasteiger partial charge is 0.385 e. The minimum absolute atomic E-state index is 0.311. The van der Waals surface area contributed by atoms with Gasteiger partial charge >= 0.3 is 6.03 Å². The Balaban J connectivity index is 1.95. The Hall–Kier alpha value is -2.63. The zero-order valence-corrected chi connectivity index (χ0v) is 13.1. The number of carbonyl (C=O) groups is 3. The SMILES string of the molecule is C/C=C(\NC1CC1)[C@@H]1C(=O)NC(=O)N(c2ccccc2C)C1=O. The summed E-state index contributed by atoms with van der Waals surface area (Å²) in [6.07, 6.45) is 3.78. The molecule has 1 aliphatic carbocycles. The first kappa shape index (κ1) is 15.3. The molecule has 23 heavy (non-hydrogen) atoms. The lowest BCUT2D eigenvalue weighted by Crippen LogP contribution is -2.59. The van der Waals surface area contributed by atoms with Crippen LogP contribution in [-0.4, -0.2) is 23.9 Å². The minimum Gasteiger partial charge on any atom is -0.385 e. The average molecular weight is 313 g/mol. The molecule has 6 heteroatoms. The molecular formula is C17H19N3O3. The van der Waals surface area contributed by atoms with E-state index in [1.165, 1.54) is 0 Å². The summed E-state index contributed by atoms with van der Waals surface area (Å²) >= 11 is 0. The zero-order chi connectivity index (χ0) is 16.6. The number of aryl methyl sites for hydroxylation is 1. The molecule has 0 bridgehead atoms. The molecule has 6 nitrogen and oxygen atoms in total. The lowest BCUT2D eigenvalue weighted by atomic mass is 9.99. The third-order valence-electron chi connectivity index (χ3n) is 4.09. The van der Waals surface area contributed by atoms with E-state index in [1.54, 1.807) is 25.1 Å². The number of hydrogen-bond acceptors (Lipinski definition) is 4. The Labute approximate surface area is 134 Å². The highest BCUT2D eigenvalue weighted by atomic mass is 16.2. The van der Waals surface area contributed by atoms with Crippen LogP contribution in [-0.2, 0) is 9.59 Å². The van der Waals surface area contributed by atoms with E-state index in [1.807, 2.05) is 19.1 Å². The third kappa shape index (κ3) is 2.84. The van der Waals surface area contributed by atoms with E-state index >= 15 is 0 Å². The van der Waals surface area contributed by atoms with Gasteiger partial charge in [0.05, 0.1) is 5.69 Å². The van der Waals surface area contributed by atoms with Crippen molar-refractivity contribution in [2.24, 2.45) is 5.92 Å². The molecule has 1 atom stereocenters. The molecule has 0 unspecified atom stereocenters. The van der Waals surface area contributed by atoms with E-state index in [2.05, 4.69) is 10.6 Å². The molecule has 0 spiro atoms. The summed E-state index contributed by atoms with van der Waals surface area (Å²) in [5, 5.41) is 5.50. The smallest absolute Gasteiger partial charge is 0.335 e. The predicted octanol–water partition coefficient (Wildman–Crippen LogP) is 1.85. The second kappa shape index (κ2) is 5.87. The predicted molar refractivity (Wildman–Crippen MR) is 85.6 cm³/mol. The number of allylic oxidation sites excluding steroid dienone is 1. The van der Waals surface area contributed by atoms with Crippen LogP contribution < -0.4 is 15.5 Å². The van der Waals surface area contributed by atoms with Crippen molar-refractivity contribution in [3.63, 3.8) is 0 Å². The van der Waals surface area contributed by atoms with Gasteiger partial charge in [-0.25, -0.2) is 9.69 Å². The molecule has 3 rings (SSSR count). The fourth-order valence-electron chi connectivity index (χ4n) is 2.69. The van der Waals surface area contributed by atoms with Gasteiger partial charge in [0.15, 0.2) is 5.92 Å². The van der Waals surface area contributed by atoms with Gasteiger partial charge in [-0.3, -0.25) is 14.9 Å². The number of carbonyl (C=O) groups excluding carboxylic acids is 3. The molecule has 1 aromatic carbocycles. The van der Waals surface area contributed by atoms with Gasteiger partial charge < -0.3 is 5.32 Å². The van der Waals surface area contributed by atoms with Crippen molar-refractivity contribution in [2.45, 2.75) is 32.7 Å². The van der Waals surface area contributed by atoms with Gasteiger partial charge in [0, 0.05) is 11.7 Å². The van der Waals surface area contributed by atoms with Crippen LogP contribution in [0.3, 0.4) is 0 Å². The summed E-state index contributed by atoms with van der Waals surface area (Å²) < 4.78 is 0. The van der Waals surface area contributed by atoms with Gasteiger partial charge in [-0.1, -0.05) is 24.3 Å². The van der Waals surface area contributed by atoms with E-state index < -0.39 is 23.8 Å². The molecule has 0 radical (unpaired) electrons. The number of nitrogens with zero attached hydrogens (tertiary/aromatic N) is 1. The molecular weight excluding hydrogens is 294 g/mol. The highest BCUT2D eigenvalue weighted by Gasteiger charge is 2.44. The van der Waals surface area contributed by atoms with Crippen LogP contribution in [0.15, 0.2) is 36.0 Å². The maximum absolute atomic E-state index is 12.9. The fourth-order valence-corrected chi connectivity index (χ4v) is 2.69. The number of urea groups is 1. The minimum atomic E-state index is -1.02. The normalized spacial score (nSPS) is 22.2. The first-order valence-corrected chi connectivity index (χ1v) is 7.70. The van der Waals surface area contributed by atoms with Crippen LogP contribution >= 0.6 is 0 Å². The number of imide groups is 2. The Kier molecular flexibility index (Phi) is 3.90. The molecule has 1 saturated carbocycles. The molecule has 1 aliphatic heterocycles. The summed E-state index contributed by atoms with van der Waals surface area (Å²) in [6.45, 7) is 3.60. The van der Waals surface area contributed by atoms with Crippen LogP contribution in [0.2, 0.25) is 0 Å². The number of rotatable bonds is 4. The highest BCUT2D eigenvalue weighted by molar-refractivity contribution is 6.29. The van der Waals surface area contributed by atoms with Crippen molar-refractivity contribution in [1.29, 1.82) is 0 Å². The van der Waals surface area contributed by atoms with Gasteiger partial charge in [-0.15, -0.1) is 0 Å². The highest BCUT2D eigenvalue weighted by Crippen LogP contribution is 2.28. The Morgan fingerprint density at radius 2 is 1.96 bits per heavy atom. The van der Waals surface area contributed by atoms with Crippen LogP contribution in [0.4, 0.5) is 10.5 Å². The van der Waals surface area contributed by atoms with Crippen molar-refractivity contribution in [2.75, 3.05) is 4.90 Å². The lowest BCUT2D eigenvalue weighted by molar-refractivity contribution is -0.132. The van der Waals surface area contributed by atoms with Gasteiger partial charge in [0.2, 0.25) is 5.91 Å². The van der Waals surface area contributed by atoms with Crippen molar-refractivity contribution in [3.05, 3.63) is 41.6 Å². The number of para-hydroxylation sites is 1. The van der Waals surface area contributed by atoms with Crippen LogP contribution in [0.5, 0.6) is 0 Å². The number of nitrogens with one attached hydrogen (secondary N) is 2. The molecule has 0 aromatic heterocycles. The number of barbiturate groups is 1. The maximum atomic E-state index is 12.9. The summed E-state index contributed by atoms with van der Waals surface area (Å²) in [5.41, 5.74) is 1.84. The van der Waals surface area contributed by atoms with E-state index in [9.17, 15) is 14.4 Å². The molecule has 120 valence electrons. The number of hydrogen-bond donors (Lipinski definition) is 2. The van der Waals surface area contributed by atoms with Gasteiger partial charge in [0.25, 0.3) is 5.91 Å². The summed E-state index contributed by atoms with van der Waals surface area (Å²) in [7, 11) is 0. The van der Waals surface area contributed by atoms with Gasteiger partial charge in [0.1, 0.15) is 0 Å². The first-order valence-electron chi connectivity index (χ1n) is 7.70. The van der Waals surface area contributed by atoms with E-state index in [-0.39, 0.29) is 0 Å². The zero-order valence-electron chi connectivity index (χ0n) is 13.1. The number of amides is 4. The maximum Gasteiger partial charge on any atom is 0.335 e. The van der Waals surface area contributed by atoms with Crippen LogP contribution in [0, 0.1) is 12.8 Å². The molecule has 1 heterocycles. The van der Waals surface area contributed by atoms with Crippen molar-refractivity contribution in [1.82, 2.24) is 10.6 Å². The lowest BCUT2D eigenvalue weighted by Gasteiger charge is -2.32. The Morgan fingerprint density at radius 1 is 1.26 bits per heavy atom. The van der Waals surface area contributed by atoms with Crippen molar-refractivity contribution < 1.29 is 14.4 Å².